The molecule has 1 aliphatic rings. The second kappa shape index (κ2) is 9.47. The zero-order valence-electron chi connectivity index (χ0n) is 17.9. The molecule has 9 nitrogen and oxygen atoms in total. The van der Waals surface area contributed by atoms with Gasteiger partial charge in [0.1, 0.15) is 0 Å². The van der Waals surface area contributed by atoms with Crippen molar-refractivity contribution >= 4 is 29.2 Å². The predicted octanol–water partition coefficient (Wildman–Crippen LogP) is 3.55. The highest BCUT2D eigenvalue weighted by Gasteiger charge is 2.26. The molecule has 1 fully saturated rings. The lowest BCUT2D eigenvalue weighted by Gasteiger charge is -2.30. The first kappa shape index (κ1) is 21.9. The summed E-state index contributed by atoms with van der Waals surface area (Å²) in [7, 11) is 0. The van der Waals surface area contributed by atoms with Gasteiger partial charge in [-0.05, 0) is 37.1 Å². The van der Waals surface area contributed by atoms with Gasteiger partial charge in [0.05, 0.1) is 11.9 Å². The zero-order valence-corrected chi connectivity index (χ0v) is 17.9. The van der Waals surface area contributed by atoms with Crippen molar-refractivity contribution in [3.8, 4) is 11.3 Å². The summed E-state index contributed by atoms with van der Waals surface area (Å²) in [4.78, 5) is 47.0. The van der Waals surface area contributed by atoms with Gasteiger partial charge in [0.25, 0.3) is 11.8 Å². The molecule has 0 spiro atoms. The van der Waals surface area contributed by atoms with Crippen LogP contribution in [0.25, 0.3) is 11.3 Å². The third kappa shape index (κ3) is 4.98. The Morgan fingerprint density at radius 2 is 1.67 bits per heavy atom. The number of amides is 3. The second-order valence-electron chi connectivity index (χ2n) is 7.86. The van der Waals surface area contributed by atoms with Crippen LogP contribution in [-0.2, 0) is 4.79 Å². The van der Waals surface area contributed by atoms with Crippen LogP contribution in [0.3, 0.4) is 0 Å². The fourth-order valence-electron chi connectivity index (χ4n) is 3.75. The highest BCUT2D eigenvalue weighted by Crippen LogP contribution is 2.22. The van der Waals surface area contributed by atoms with Crippen LogP contribution in [0.4, 0.5) is 11.5 Å². The van der Waals surface area contributed by atoms with Crippen LogP contribution >= 0.6 is 0 Å². The summed E-state index contributed by atoms with van der Waals surface area (Å²) in [5.41, 5.74) is 13.6. The first-order chi connectivity index (χ1) is 15.9. The molecule has 0 radical (unpaired) electrons. The minimum atomic E-state index is -0.459. The summed E-state index contributed by atoms with van der Waals surface area (Å²) in [5, 5.41) is 2.75. The van der Waals surface area contributed by atoms with E-state index in [0.29, 0.717) is 48.4 Å². The third-order valence-corrected chi connectivity index (χ3v) is 5.66. The van der Waals surface area contributed by atoms with Crippen molar-refractivity contribution in [2.24, 2.45) is 11.7 Å². The molecule has 9 heteroatoms. The maximum Gasteiger partial charge on any atom is 0.278 e. The van der Waals surface area contributed by atoms with Gasteiger partial charge >= 0.3 is 0 Å². The Balaban J connectivity index is 0. The van der Waals surface area contributed by atoms with Crippen molar-refractivity contribution in [2.45, 2.75) is 12.8 Å². The van der Waals surface area contributed by atoms with Crippen LogP contribution in [-0.4, -0.2) is 45.7 Å². The highest BCUT2D eigenvalue weighted by atomic mass is 16.2. The quantitative estimate of drug-likeness (QED) is 0.538. The van der Waals surface area contributed by atoms with Gasteiger partial charge in [-0.3, -0.25) is 14.4 Å². The molecular weight excluding hydrogens is 420 g/mol. The Morgan fingerprint density at radius 1 is 1.00 bits per heavy atom. The highest BCUT2D eigenvalue weighted by molar-refractivity contribution is 6.06. The van der Waals surface area contributed by atoms with E-state index in [1.165, 1.54) is 6.20 Å². The molecule has 5 N–H and O–H groups in total. The fraction of sp³-hybridized carbons (Fsp3) is 0.208. The average Bonchev–Trinajstić information content (AvgIpc) is 2.84. The molecule has 2 heterocycles. The van der Waals surface area contributed by atoms with Gasteiger partial charge in [-0.25, -0.2) is 9.97 Å². The standard InChI is InChI=1S/C24H24N6O3.5H2/c25-21-20(23(32)28-18-4-2-1-3-5-18)29-19(14-27-21)15-6-8-17(9-7-15)24(33)30-12-10-16(11-13-30)22(26)31;;;;;/h1-9,14,16H,10-13H2,(H2,25,27)(H2,26,31)(H,28,32);5*1H. The van der Waals surface area contributed by atoms with Crippen molar-refractivity contribution in [3.63, 3.8) is 0 Å². The summed E-state index contributed by atoms with van der Waals surface area (Å²) in [6.45, 7) is 0.995. The van der Waals surface area contributed by atoms with Crippen LogP contribution in [0.15, 0.2) is 60.8 Å². The average molecular weight is 455 g/mol. The van der Waals surface area contributed by atoms with E-state index in [-0.39, 0.29) is 36.4 Å². The molecule has 33 heavy (non-hydrogen) atoms. The maximum atomic E-state index is 12.8. The van der Waals surface area contributed by atoms with E-state index in [1.807, 2.05) is 18.2 Å². The summed E-state index contributed by atoms with van der Waals surface area (Å²) < 4.78 is 0. The third-order valence-electron chi connectivity index (χ3n) is 5.66. The zero-order chi connectivity index (χ0) is 23.4. The number of carbonyl (C=O) groups is 3. The molecule has 1 saturated heterocycles. The van der Waals surface area contributed by atoms with Gasteiger partial charge < -0.3 is 21.7 Å². The minimum absolute atomic E-state index is 0. The number of hydrogen-bond donors (Lipinski definition) is 3. The van der Waals surface area contributed by atoms with Gasteiger partial charge in [-0.2, -0.15) is 0 Å². The van der Waals surface area contributed by atoms with Crippen LogP contribution < -0.4 is 16.8 Å². The van der Waals surface area contributed by atoms with E-state index in [9.17, 15) is 14.4 Å². The Hall–Kier alpha value is -4.27. The molecule has 0 saturated carbocycles. The number of primary amides is 1. The fourth-order valence-corrected chi connectivity index (χ4v) is 3.75. The Bertz CT molecular complexity index is 1190. The number of para-hydroxylation sites is 1. The van der Waals surface area contributed by atoms with Gasteiger partial charge in [-0.15, -0.1) is 0 Å². The molecule has 3 amide bonds. The van der Waals surface area contributed by atoms with Crippen LogP contribution in [0.5, 0.6) is 0 Å². The first-order valence-electron chi connectivity index (χ1n) is 10.6. The number of aromatic nitrogens is 2. The lowest BCUT2D eigenvalue weighted by molar-refractivity contribution is -0.123. The molecule has 1 aliphatic heterocycles. The molecule has 0 atom stereocenters. The molecule has 0 unspecified atom stereocenters. The van der Waals surface area contributed by atoms with E-state index in [0.717, 1.165) is 0 Å². The smallest absolute Gasteiger partial charge is 0.278 e. The monoisotopic (exact) mass is 454 g/mol. The molecule has 1 aromatic heterocycles. The normalized spacial score (nSPS) is 14.0. The molecule has 0 bridgehead atoms. The lowest BCUT2D eigenvalue weighted by atomic mass is 9.96. The van der Waals surface area contributed by atoms with Crippen LogP contribution in [0, 0.1) is 5.92 Å². The van der Waals surface area contributed by atoms with E-state index in [1.54, 1.807) is 41.3 Å². The number of likely N-dealkylation sites (tertiary alicyclic amines) is 1. The maximum absolute atomic E-state index is 12.8. The van der Waals surface area contributed by atoms with Crippen molar-refractivity contribution in [2.75, 3.05) is 24.1 Å². The number of nitrogen functional groups attached to an aromatic ring is 1. The van der Waals surface area contributed by atoms with Gasteiger partial charge in [0.2, 0.25) is 5.91 Å². The Labute approximate surface area is 198 Å². The van der Waals surface area contributed by atoms with Crippen molar-refractivity contribution < 1.29 is 21.5 Å². The number of anilines is 2. The second-order valence-corrected chi connectivity index (χ2v) is 7.86. The SMILES string of the molecule is NC(=O)C1CCN(C(=O)c2ccc(-c3cnc(N)c(C(=O)Nc4ccccc4)n3)cc2)CC1.[HH].[HH].[HH].[HH].[HH]. The lowest BCUT2D eigenvalue weighted by Crippen LogP contribution is -2.41. The van der Waals surface area contributed by atoms with Gasteiger partial charge in [-0.1, -0.05) is 30.3 Å². The summed E-state index contributed by atoms with van der Waals surface area (Å²) in [6, 6.07) is 15.9. The van der Waals surface area contributed by atoms with E-state index < -0.39 is 5.91 Å². The molecular formula is C24H34N6O3. The molecule has 178 valence electrons. The number of rotatable bonds is 5. The first-order valence-corrected chi connectivity index (χ1v) is 10.6. The Morgan fingerprint density at radius 3 is 2.30 bits per heavy atom. The summed E-state index contributed by atoms with van der Waals surface area (Å²) >= 11 is 0. The molecule has 0 aliphatic carbocycles. The summed E-state index contributed by atoms with van der Waals surface area (Å²) in [5.74, 6) is -1.02. The Kier molecular flexibility index (Phi) is 6.30. The van der Waals surface area contributed by atoms with Crippen molar-refractivity contribution in [1.29, 1.82) is 0 Å². The number of piperidine rings is 1. The van der Waals surface area contributed by atoms with Crippen LogP contribution in [0.2, 0.25) is 0 Å². The number of benzene rings is 2. The molecule has 3 aromatic rings. The van der Waals surface area contributed by atoms with Crippen molar-refractivity contribution in [3.05, 3.63) is 72.1 Å². The van der Waals surface area contributed by atoms with E-state index in [4.69, 9.17) is 11.5 Å². The number of hydrogen-bond acceptors (Lipinski definition) is 6. The molecule has 4 rings (SSSR count). The van der Waals surface area contributed by atoms with Crippen molar-refractivity contribution in [1.82, 2.24) is 14.9 Å². The largest absolute Gasteiger partial charge is 0.382 e. The number of nitrogens with two attached hydrogens (primary N) is 2. The minimum Gasteiger partial charge on any atom is -0.382 e. The van der Waals surface area contributed by atoms with E-state index >= 15 is 0 Å². The number of nitrogens with zero attached hydrogens (tertiary/aromatic N) is 3. The topological polar surface area (TPSA) is 144 Å². The van der Waals surface area contributed by atoms with E-state index in [2.05, 4.69) is 15.3 Å². The predicted molar refractivity (Wildman–Crippen MR) is 135 cm³/mol. The summed E-state index contributed by atoms with van der Waals surface area (Å²) in [6.07, 6.45) is 2.64. The molecule has 2 aromatic carbocycles. The van der Waals surface area contributed by atoms with Crippen LogP contribution in [0.1, 0.15) is 40.8 Å². The van der Waals surface area contributed by atoms with Gasteiger partial charge in [0.15, 0.2) is 11.5 Å². The number of nitrogens with one attached hydrogen (secondary N) is 1. The number of carbonyl (C=O) groups excluding carboxylic acids is 3. The van der Waals surface area contributed by atoms with Gasteiger partial charge in [0, 0.05) is 43.0 Å².